The standard InChI is InChI=1S/C17H26OSi/c1-13(2)12-17(18)14(3)15(4)19(5,6)16-10-8-7-9-11-16/h7-12,14,17-18H,4H2,1-3,5-6H3/t14-,17+/m0/s1. The first-order valence-electron chi connectivity index (χ1n) is 6.84. The van der Waals surface area contributed by atoms with Crippen LogP contribution in [0.4, 0.5) is 0 Å². The molecule has 0 spiro atoms. The van der Waals surface area contributed by atoms with Gasteiger partial charge in [0.05, 0.1) is 6.10 Å². The van der Waals surface area contributed by atoms with Gasteiger partial charge in [-0.25, -0.2) is 0 Å². The first kappa shape index (κ1) is 15.9. The van der Waals surface area contributed by atoms with Crippen LogP contribution in [0.15, 0.2) is 53.8 Å². The van der Waals surface area contributed by atoms with Crippen LogP contribution in [-0.2, 0) is 0 Å². The minimum atomic E-state index is -1.74. The zero-order chi connectivity index (χ0) is 14.6. The van der Waals surface area contributed by atoms with E-state index in [2.05, 4.69) is 50.9 Å². The summed E-state index contributed by atoms with van der Waals surface area (Å²) in [7, 11) is -1.74. The molecule has 0 radical (unpaired) electrons. The molecule has 0 bridgehead atoms. The SMILES string of the molecule is C=C([C@H](C)[C@H](O)C=C(C)C)[Si](C)(C)c1ccccc1. The van der Waals surface area contributed by atoms with Crippen molar-refractivity contribution < 1.29 is 5.11 Å². The minimum absolute atomic E-state index is 0.0942. The number of hydrogen-bond donors (Lipinski definition) is 1. The molecule has 0 aliphatic heterocycles. The van der Waals surface area contributed by atoms with Crippen molar-refractivity contribution >= 4 is 13.3 Å². The maximum Gasteiger partial charge on any atom is 0.107 e. The summed E-state index contributed by atoms with van der Waals surface area (Å²) in [5.74, 6) is 0.0942. The number of aliphatic hydroxyl groups is 1. The van der Waals surface area contributed by atoms with E-state index in [0.717, 1.165) is 5.57 Å². The lowest BCUT2D eigenvalue weighted by molar-refractivity contribution is 0.182. The van der Waals surface area contributed by atoms with E-state index in [4.69, 9.17) is 0 Å². The number of rotatable bonds is 5. The van der Waals surface area contributed by atoms with Crippen LogP contribution in [0, 0.1) is 5.92 Å². The molecule has 0 amide bonds. The molecule has 1 nitrogen and oxygen atoms in total. The molecule has 0 saturated heterocycles. The van der Waals surface area contributed by atoms with Crippen LogP contribution in [0.1, 0.15) is 20.8 Å². The maximum absolute atomic E-state index is 10.3. The van der Waals surface area contributed by atoms with Crippen LogP contribution in [0.3, 0.4) is 0 Å². The minimum Gasteiger partial charge on any atom is -0.388 e. The van der Waals surface area contributed by atoms with Gasteiger partial charge in [-0.3, -0.25) is 0 Å². The molecule has 104 valence electrons. The second-order valence-electron chi connectivity index (χ2n) is 6.04. The molecular weight excluding hydrogens is 248 g/mol. The highest BCUT2D eigenvalue weighted by Gasteiger charge is 2.32. The largest absolute Gasteiger partial charge is 0.388 e. The van der Waals surface area contributed by atoms with Gasteiger partial charge in [-0.2, -0.15) is 0 Å². The zero-order valence-electron chi connectivity index (χ0n) is 12.8. The Morgan fingerprint density at radius 1 is 1.21 bits per heavy atom. The van der Waals surface area contributed by atoms with Gasteiger partial charge in [0, 0.05) is 5.92 Å². The summed E-state index contributed by atoms with van der Waals surface area (Å²) in [5.41, 5.74) is 1.14. The summed E-state index contributed by atoms with van der Waals surface area (Å²) in [6.45, 7) is 15.0. The van der Waals surface area contributed by atoms with Crippen LogP contribution >= 0.6 is 0 Å². The van der Waals surface area contributed by atoms with E-state index in [1.54, 1.807) is 0 Å². The zero-order valence-corrected chi connectivity index (χ0v) is 13.8. The van der Waals surface area contributed by atoms with Crippen molar-refractivity contribution in [1.29, 1.82) is 0 Å². The van der Waals surface area contributed by atoms with Crippen LogP contribution < -0.4 is 5.19 Å². The summed E-state index contributed by atoms with van der Waals surface area (Å²) in [6, 6.07) is 10.6. The van der Waals surface area contributed by atoms with E-state index in [1.807, 2.05) is 26.0 Å². The number of hydrogen-bond acceptors (Lipinski definition) is 1. The average Bonchev–Trinajstić information content (AvgIpc) is 2.37. The Balaban J connectivity index is 2.96. The molecule has 0 aliphatic rings. The number of aliphatic hydroxyl groups excluding tert-OH is 1. The molecule has 0 fully saturated rings. The molecule has 0 aliphatic carbocycles. The fourth-order valence-electron chi connectivity index (χ4n) is 2.30. The van der Waals surface area contributed by atoms with Gasteiger partial charge in [0.15, 0.2) is 0 Å². The number of benzene rings is 1. The van der Waals surface area contributed by atoms with Crippen molar-refractivity contribution in [2.75, 3.05) is 0 Å². The lowest BCUT2D eigenvalue weighted by atomic mass is 10.0. The van der Waals surface area contributed by atoms with Crippen molar-refractivity contribution in [2.45, 2.75) is 40.0 Å². The highest BCUT2D eigenvalue weighted by molar-refractivity contribution is 6.95. The second kappa shape index (κ2) is 6.35. The van der Waals surface area contributed by atoms with Crippen LogP contribution in [0.2, 0.25) is 13.1 Å². The van der Waals surface area contributed by atoms with Crippen molar-refractivity contribution in [3.8, 4) is 0 Å². The first-order valence-corrected chi connectivity index (χ1v) is 9.84. The van der Waals surface area contributed by atoms with Gasteiger partial charge in [0.25, 0.3) is 0 Å². The monoisotopic (exact) mass is 274 g/mol. The van der Waals surface area contributed by atoms with E-state index in [-0.39, 0.29) is 5.92 Å². The summed E-state index contributed by atoms with van der Waals surface area (Å²) in [6.07, 6.45) is 1.48. The van der Waals surface area contributed by atoms with Gasteiger partial charge in [0.1, 0.15) is 8.07 Å². The van der Waals surface area contributed by atoms with E-state index >= 15 is 0 Å². The molecule has 2 heteroatoms. The molecule has 1 aromatic carbocycles. The van der Waals surface area contributed by atoms with Crippen molar-refractivity contribution in [1.82, 2.24) is 0 Å². The fraction of sp³-hybridized carbons (Fsp3) is 0.412. The summed E-state index contributed by atoms with van der Waals surface area (Å²) >= 11 is 0. The van der Waals surface area contributed by atoms with Gasteiger partial charge in [-0.05, 0) is 13.8 Å². The van der Waals surface area contributed by atoms with Crippen LogP contribution in [0.5, 0.6) is 0 Å². The third-order valence-electron chi connectivity index (χ3n) is 3.86. The fourth-order valence-corrected chi connectivity index (χ4v) is 5.01. The molecule has 1 rings (SSSR count). The topological polar surface area (TPSA) is 20.2 Å². The average molecular weight is 274 g/mol. The van der Waals surface area contributed by atoms with Crippen LogP contribution in [-0.4, -0.2) is 19.3 Å². The first-order chi connectivity index (χ1) is 8.76. The molecule has 2 atom stereocenters. The predicted molar refractivity (Wildman–Crippen MR) is 87.3 cm³/mol. The quantitative estimate of drug-likeness (QED) is 0.642. The third kappa shape index (κ3) is 3.92. The van der Waals surface area contributed by atoms with E-state index in [1.165, 1.54) is 10.4 Å². The molecular formula is C17H26OSi. The Labute approximate surface area is 118 Å². The summed E-state index contributed by atoms with van der Waals surface area (Å²) in [4.78, 5) is 0. The number of allylic oxidation sites excluding steroid dienone is 1. The van der Waals surface area contributed by atoms with Crippen molar-refractivity contribution in [3.05, 3.63) is 53.8 Å². The van der Waals surface area contributed by atoms with Gasteiger partial charge in [-0.1, -0.05) is 72.4 Å². The second-order valence-corrected chi connectivity index (χ2v) is 10.5. The van der Waals surface area contributed by atoms with Gasteiger partial charge in [-0.15, -0.1) is 6.58 Å². The van der Waals surface area contributed by atoms with Gasteiger partial charge in [0.2, 0.25) is 0 Å². The van der Waals surface area contributed by atoms with Crippen molar-refractivity contribution in [2.24, 2.45) is 5.92 Å². The van der Waals surface area contributed by atoms with Gasteiger partial charge >= 0.3 is 0 Å². The summed E-state index contributed by atoms with van der Waals surface area (Å²) < 4.78 is 0. The third-order valence-corrected chi connectivity index (χ3v) is 7.70. The highest BCUT2D eigenvalue weighted by atomic mass is 28.3. The Bertz CT molecular complexity index is 455. The highest BCUT2D eigenvalue weighted by Crippen LogP contribution is 2.25. The lowest BCUT2D eigenvalue weighted by Crippen LogP contribution is -2.46. The predicted octanol–water partition coefficient (Wildman–Crippen LogP) is 3.66. The normalized spacial score (nSPS) is 14.6. The Morgan fingerprint density at radius 2 is 1.74 bits per heavy atom. The molecule has 0 saturated carbocycles. The molecule has 1 N–H and O–H groups in total. The Kier molecular flexibility index (Phi) is 5.33. The maximum atomic E-state index is 10.3. The van der Waals surface area contributed by atoms with Gasteiger partial charge < -0.3 is 5.11 Å². The summed E-state index contributed by atoms with van der Waals surface area (Å²) in [5, 5.41) is 12.8. The molecule has 19 heavy (non-hydrogen) atoms. The van der Waals surface area contributed by atoms with E-state index < -0.39 is 14.2 Å². The molecule has 1 aromatic rings. The van der Waals surface area contributed by atoms with E-state index in [0.29, 0.717) is 0 Å². The van der Waals surface area contributed by atoms with E-state index in [9.17, 15) is 5.11 Å². The molecule has 0 aromatic heterocycles. The van der Waals surface area contributed by atoms with Crippen molar-refractivity contribution in [3.63, 3.8) is 0 Å². The van der Waals surface area contributed by atoms with Crippen LogP contribution in [0.25, 0.3) is 0 Å². The Hall–Kier alpha value is -1.12. The lowest BCUT2D eigenvalue weighted by Gasteiger charge is -2.31. The molecule has 0 unspecified atom stereocenters. The molecule has 0 heterocycles. The smallest absolute Gasteiger partial charge is 0.107 e. The Morgan fingerprint density at radius 3 is 2.21 bits per heavy atom.